The van der Waals surface area contributed by atoms with Crippen molar-refractivity contribution < 1.29 is 13.7 Å². The molecule has 0 atom stereocenters. The number of anilines is 1. The lowest BCUT2D eigenvalue weighted by Crippen LogP contribution is -2.33. The van der Waals surface area contributed by atoms with E-state index in [1.165, 1.54) is 6.39 Å². The van der Waals surface area contributed by atoms with Gasteiger partial charge in [-0.15, -0.1) is 0 Å². The second-order valence-electron chi connectivity index (χ2n) is 6.25. The number of urea groups is 1. The summed E-state index contributed by atoms with van der Waals surface area (Å²) in [6.45, 7) is 4.46. The Morgan fingerprint density at radius 3 is 2.88 bits per heavy atom. The lowest BCUT2D eigenvalue weighted by atomic mass is 10.1. The van der Waals surface area contributed by atoms with Gasteiger partial charge in [0.05, 0.1) is 6.20 Å². The second-order valence-corrected chi connectivity index (χ2v) is 6.25. The Hall–Kier alpha value is -3.16. The zero-order chi connectivity index (χ0) is 18.5. The Morgan fingerprint density at radius 2 is 2.19 bits per heavy atom. The van der Waals surface area contributed by atoms with Gasteiger partial charge in [-0.3, -0.25) is 0 Å². The summed E-state index contributed by atoms with van der Waals surface area (Å²) in [4.78, 5) is 22.1. The van der Waals surface area contributed by atoms with Crippen LogP contribution in [0.4, 0.5) is 10.5 Å². The van der Waals surface area contributed by atoms with Crippen LogP contribution >= 0.6 is 0 Å². The van der Waals surface area contributed by atoms with Crippen LogP contribution in [0.3, 0.4) is 0 Å². The molecule has 3 rings (SSSR count). The van der Waals surface area contributed by atoms with Crippen LogP contribution in [0.15, 0.2) is 45.8 Å². The number of hydrogen-bond donors (Lipinski definition) is 1. The fraction of sp³-hybridized carbons (Fsp3) is 0.333. The van der Waals surface area contributed by atoms with Crippen LogP contribution in [0.2, 0.25) is 0 Å². The van der Waals surface area contributed by atoms with E-state index in [-0.39, 0.29) is 11.9 Å². The van der Waals surface area contributed by atoms with Crippen LogP contribution in [-0.4, -0.2) is 39.6 Å². The molecule has 0 fully saturated rings. The average Bonchev–Trinajstić information content (AvgIpc) is 3.31. The molecule has 2 amide bonds. The first-order valence-electron chi connectivity index (χ1n) is 8.36. The summed E-state index contributed by atoms with van der Waals surface area (Å²) in [5.41, 5.74) is 1.52. The second kappa shape index (κ2) is 7.81. The minimum Gasteiger partial charge on any atom is -0.444 e. The van der Waals surface area contributed by atoms with E-state index in [2.05, 4.69) is 20.4 Å². The topological polar surface area (TPSA) is 97.3 Å². The number of oxazole rings is 1. The standard InChI is InChI=1S/C18H21N5O3/c1-12(2)17-21-16(22-26-17)7-8-23(3)18(24)20-14-6-4-5-13(9-14)15-10-19-11-25-15/h4-6,9-12H,7-8H2,1-3H3,(H,20,24). The number of likely N-dealkylation sites (N-methyl/N-ethyl adjacent to an activating group) is 1. The van der Waals surface area contributed by atoms with Crippen LogP contribution in [0, 0.1) is 0 Å². The fourth-order valence-electron chi connectivity index (χ4n) is 2.30. The number of nitrogens with one attached hydrogen (secondary N) is 1. The maximum Gasteiger partial charge on any atom is 0.321 e. The Morgan fingerprint density at radius 1 is 1.35 bits per heavy atom. The Bertz CT molecular complexity index is 857. The van der Waals surface area contributed by atoms with Gasteiger partial charge >= 0.3 is 6.03 Å². The molecule has 136 valence electrons. The van der Waals surface area contributed by atoms with Crippen molar-refractivity contribution >= 4 is 11.7 Å². The highest BCUT2D eigenvalue weighted by Crippen LogP contribution is 2.22. The highest BCUT2D eigenvalue weighted by molar-refractivity contribution is 5.89. The number of aromatic nitrogens is 3. The fourth-order valence-corrected chi connectivity index (χ4v) is 2.30. The molecule has 0 unspecified atom stereocenters. The molecule has 0 saturated carbocycles. The molecule has 1 N–H and O–H groups in total. The van der Waals surface area contributed by atoms with Crippen LogP contribution in [-0.2, 0) is 6.42 Å². The monoisotopic (exact) mass is 355 g/mol. The van der Waals surface area contributed by atoms with Crippen molar-refractivity contribution in [3.8, 4) is 11.3 Å². The van der Waals surface area contributed by atoms with Gasteiger partial charge in [-0.1, -0.05) is 31.1 Å². The Labute approximate surface area is 151 Å². The highest BCUT2D eigenvalue weighted by atomic mass is 16.5. The van der Waals surface area contributed by atoms with E-state index in [0.29, 0.717) is 36.1 Å². The van der Waals surface area contributed by atoms with Crippen LogP contribution in [0.1, 0.15) is 31.5 Å². The highest BCUT2D eigenvalue weighted by Gasteiger charge is 2.13. The third kappa shape index (κ3) is 4.27. The number of rotatable bonds is 6. The van der Waals surface area contributed by atoms with E-state index in [0.717, 1.165) is 5.56 Å². The zero-order valence-electron chi connectivity index (χ0n) is 15.0. The first kappa shape index (κ1) is 17.7. The maximum absolute atomic E-state index is 12.4. The van der Waals surface area contributed by atoms with Gasteiger partial charge in [-0.25, -0.2) is 9.78 Å². The van der Waals surface area contributed by atoms with Gasteiger partial charge in [0.2, 0.25) is 5.89 Å². The number of carbonyl (C=O) groups is 1. The Balaban J connectivity index is 1.56. The van der Waals surface area contributed by atoms with Gasteiger partial charge < -0.3 is 19.2 Å². The lowest BCUT2D eigenvalue weighted by molar-refractivity contribution is 0.222. The van der Waals surface area contributed by atoms with E-state index in [1.807, 2.05) is 38.1 Å². The predicted octanol–water partition coefficient (Wildman–Crippen LogP) is 3.55. The van der Waals surface area contributed by atoms with E-state index in [9.17, 15) is 4.79 Å². The molecule has 8 nitrogen and oxygen atoms in total. The first-order chi connectivity index (χ1) is 12.5. The number of nitrogens with zero attached hydrogens (tertiary/aromatic N) is 4. The van der Waals surface area contributed by atoms with Gasteiger partial charge in [0.15, 0.2) is 18.0 Å². The summed E-state index contributed by atoms with van der Waals surface area (Å²) in [6.07, 6.45) is 3.53. The summed E-state index contributed by atoms with van der Waals surface area (Å²) < 4.78 is 10.4. The molecule has 0 aliphatic heterocycles. The molecule has 0 radical (unpaired) electrons. The van der Waals surface area contributed by atoms with Crippen molar-refractivity contribution in [2.24, 2.45) is 0 Å². The van der Waals surface area contributed by atoms with Crippen LogP contribution in [0.5, 0.6) is 0 Å². The molecule has 0 spiro atoms. The summed E-state index contributed by atoms with van der Waals surface area (Å²) in [6, 6.07) is 7.18. The molecular formula is C18H21N5O3. The minimum absolute atomic E-state index is 0.189. The largest absolute Gasteiger partial charge is 0.444 e. The SMILES string of the molecule is CC(C)c1nc(CCN(C)C(=O)Nc2cccc(-c3cnco3)c2)no1. The van der Waals surface area contributed by atoms with Crippen LogP contribution in [0.25, 0.3) is 11.3 Å². The average molecular weight is 355 g/mol. The zero-order valence-corrected chi connectivity index (χ0v) is 15.0. The van der Waals surface area contributed by atoms with E-state index in [4.69, 9.17) is 8.94 Å². The minimum atomic E-state index is -0.215. The molecule has 0 aliphatic rings. The molecular weight excluding hydrogens is 334 g/mol. The third-order valence-corrected chi connectivity index (χ3v) is 3.83. The summed E-state index contributed by atoms with van der Waals surface area (Å²) in [5, 5.41) is 6.80. The van der Waals surface area contributed by atoms with Gasteiger partial charge in [0.25, 0.3) is 0 Å². The molecule has 0 saturated heterocycles. The summed E-state index contributed by atoms with van der Waals surface area (Å²) in [7, 11) is 1.72. The molecule has 2 heterocycles. The number of amides is 2. The first-order valence-corrected chi connectivity index (χ1v) is 8.36. The van der Waals surface area contributed by atoms with Gasteiger partial charge in [0, 0.05) is 37.2 Å². The van der Waals surface area contributed by atoms with Gasteiger partial charge in [-0.2, -0.15) is 4.98 Å². The molecule has 8 heteroatoms. The normalized spacial score (nSPS) is 10.9. The predicted molar refractivity (Wildman–Crippen MR) is 95.7 cm³/mol. The Kier molecular flexibility index (Phi) is 5.31. The maximum atomic E-state index is 12.4. The molecule has 0 bridgehead atoms. The lowest BCUT2D eigenvalue weighted by Gasteiger charge is -2.17. The van der Waals surface area contributed by atoms with E-state index >= 15 is 0 Å². The van der Waals surface area contributed by atoms with Gasteiger partial charge in [0.1, 0.15) is 0 Å². The summed E-state index contributed by atoms with van der Waals surface area (Å²) in [5.74, 6) is 2.04. The van der Waals surface area contributed by atoms with Crippen molar-refractivity contribution in [2.75, 3.05) is 18.9 Å². The van der Waals surface area contributed by atoms with Crippen molar-refractivity contribution in [2.45, 2.75) is 26.2 Å². The van der Waals surface area contributed by atoms with Gasteiger partial charge in [-0.05, 0) is 12.1 Å². The molecule has 1 aromatic carbocycles. The smallest absolute Gasteiger partial charge is 0.321 e. The van der Waals surface area contributed by atoms with Crippen LogP contribution < -0.4 is 5.32 Å². The number of benzene rings is 1. The summed E-state index contributed by atoms with van der Waals surface area (Å²) >= 11 is 0. The van der Waals surface area contributed by atoms with Crippen molar-refractivity contribution in [3.63, 3.8) is 0 Å². The number of carbonyl (C=O) groups excluding carboxylic acids is 1. The van der Waals surface area contributed by atoms with Crippen molar-refractivity contribution in [1.29, 1.82) is 0 Å². The third-order valence-electron chi connectivity index (χ3n) is 3.83. The van der Waals surface area contributed by atoms with E-state index < -0.39 is 0 Å². The van der Waals surface area contributed by atoms with E-state index in [1.54, 1.807) is 18.1 Å². The quantitative estimate of drug-likeness (QED) is 0.726. The number of hydrogen-bond acceptors (Lipinski definition) is 6. The van der Waals surface area contributed by atoms with Crippen molar-refractivity contribution in [3.05, 3.63) is 48.6 Å². The molecule has 2 aromatic heterocycles. The van der Waals surface area contributed by atoms with Crippen molar-refractivity contribution in [1.82, 2.24) is 20.0 Å². The molecule has 26 heavy (non-hydrogen) atoms. The molecule has 3 aromatic rings. The molecule has 0 aliphatic carbocycles.